The van der Waals surface area contributed by atoms with Crippen LogP contribution in [0.5, 0.6) is 0 Å². The van der Waals surface area contributed by atoms with E-state index in [-0.39, 0.29) is 24.8 Å². The molecular weight excluding hydrogens is 240 g/mol. The van der Waals surface area contributed by atoms with Gasteiger partial charge in [0.05, 0.1) is 8.80 Å². The second kappa shape index (κ2) is 4.05. The molecule has 2 heterocycles. The zero-order valence-electron chi connectivity index (χ0n) is 10.7. The van der Waals surface area contributed by atoms with E-state index >= 15 is 0 Å². The van der Waals surface area contributed by atoms with E-state index in [2.05, 4.69) is 13.1 Å². The van der Waals surface area contributed by atoms with E-state index in [1.807, 2.05) is 13.8 Å². The van der Waals surface area contributed by atoms with Gasteiger partial charge in [-0.2, -0.15) is 0 Å². The summed E-state index contributed by atoms with van der Waals surface area (Å²) in [4.78, 5) is 12.1. The Morgan fingerprint density at radius 2 is 2.06 bits per heavy atom. The molecule has 17 heavy (non-hydrogen) atoms. The molecule has 0 bridgehead atoms. The smallest absolute Gasteiger partial charge is 0.337 e. The van der Waals surface area contributed by atoms with Crippen LogP contribution in [0.15, 0.2) is 0 Å². The van der Waals surface area contributed by atoms with E-state index < -0.39 is 19.8 Å². The average Bonchev–Trinajstić information content (AvgIpc) is 2.61. The summed E-state index contributed by atoms with van der Waals surface area (Å²) in [6.07, 6.45) is -0.355. The molecule has 0 unspecified atom stereocenters. The van der Waals surface area contributed by atoms with Crippen LogP contribution in [0.4, 0.5) is 0 Å². The summed E-state index contributed by atoms with van der Waals surface area (Å²) < 4.78 is 17.0. The lowest BCUT2D eigenvalue weighted by molar-refractivity contribution is -0.191. The van der Waals surface area contributed by atoms with Gasteiger partial charge in [-0.3, -0.25) is 0 Å². The Labute approximate surface area is 103 Å². The first kappa shape index (κ1) is 13.0. The van der Waals surface area contributed by atoms with Crippen molar-refractivity contribution in [2.45, 2.75) is 56.6 Å². The highest BCUT2D eigenvalue weighted by molar-refractivity contribution is 6.64. The fraction of sp³-hybridized carbons (Fsp3) is 0.909. The number of rotatable bonds is 3. The van der Waals surface area contributed by atoms with Crippen LogP contribution in [0, 0.1) is 0 Å². The van der Waals surface area contributed by atoms with Gasteiger partial charge in [-0.25, -0.2) is 4.79 Å². The first-order chi connectivity index (χ1) is 7.83. The Balaban J connectivity index is 2.34. The number of hydrogen-bond donors (Lipinski definition) is 1. The van der Waals surface area contributed by atoms with Crippen LogP contribution in [0.25, 0.3) is 0 Å². The monoisotopic (exact) mass is 260 g/mol. The van der Waals surface area contributed by atoms with Gasteiger partial charge in [0.2, 0.25) is 0 Å². The van der Waals surface area contributed by atoms with Crippen LogP contribution >= 0.6 is 0 Å². The number of aliphatic hydroxyl groups is 1. The number of cyclic esters (lactones) is 1. The van der Waals surface area contributed by atoms with Gasteiger partial charge in [0.15, 0.2) is 11.0 Å². The second-order valence-corrected chi connectivity index (χ2v) is 8.61. The minimum absolute atomic E-state index is 0.0199. The molecule has 2 fully saturated rings. The molecule has 0 aromatic rings. The highest BCUT2D eigenvalue weighted by Gasteiger charge is 2.68. The standard InChI is InChI=1S/C11H20O5Si/c1-10(2)15-8-7(5-6-12)14-9(13)11(8,16-10)17(3)4/h7-8,12,17H,5-6H2,1-4H3/t7-,8+,11-/m1/s1. The first-order valence-corrected chi connectivity index (χ1v) is 8.92. The molecule has 0 spiro atoms. The Morgan fingerprint density at radius 1 is 1.41 bits per heavy atom. The molecule has 2 aliphatic rings. The van der Waals surface area contributed by atoms with Crippen molar-refractivity contribution < 1.29 is 24.1 Å². The summed E-state index contributed by atoms with van der Waals surface area (Å²) in [5, 5.41) is 8.12. The topological polar surface area (TPSA) is 65.0 Å². The number of fused-ring (bicyclic) bond motifs is 1. The molecule has 98 valence electrons. The molecule has 0 aromatic heterocycles. The van der Waals surface area contributed by atoms with E-state index in [4.69, 9.17) is 19.3 Å². The maximum Gasteiger partial charge on any atom is 0.337 e. The van der Waals surface area contributed by atoms with Crippen LogP contribution in [0.2, 0.25) is 13.1 Å². The number of carbonyl (C=O) groups is 1. The molecule has 5 nitrogen and oxygen atoms in total. The molecule has 2 aliphatic heterocycles. The lowest BCUT2D eigenvalue weighted by atomic mass is 10.1. The molecule has 1 N–H and O–H groups in total. The van der Waals surface area contributed by atoms with Crippen LogP contribution in [0.3, 0.4) is 0 Å². The lowest BCUT2D eigenvalue weighted by Gasteiger charge is -2.27. The van der Waals surface area contributed by atoms with Crippen molar-refractivity contribution in [3.63, 3.8) is 0 Å². The Morgan fingerprint density at radius 3 is 2.59 bits per heavy atom. The zero-order valence-corrected chi connectivity index (χ0v) is 11.9. The third kappa shape index (κ3) is 1.83. The van der Waals surface area contributed by atoms with Crippen molar-refractivity contribution in [1.29, 1.82) is 0 Å². The number of hydrogen-bond acceptors (Lipinski definition) is 5. The fourth-order valence-corrected chi connectivity index (χ4v) is 4.70. The van der Waals surface area contributed by atoms with E-state index in [9.17, 15) is 4.79 Å². The molecule has 0 radical (unpaired) electrons. The quantitative estimate of drug-likeness (QED) is 0.580. The predicted octanol–water partition coefficient (Wildman–Crippen LogP) is 0.210. The largest absolute Gasteiger partial charge is 0.457 e. The summed E-state index contributed by atoms with van der Waals surface area (Å²) in [5.74, 6) is -1.07. The summed E-state index contributed by atoms with van der Waals surface area (Å²) in [7, 11) is -1.46. The third-order valence-corrected chi connectivity index (χ3v) is 5.83. The van der Waals surface area contributed by atoms with Crippen LogP contribution in [-0.4, -0.2) is 49.7 Å². The van der Waals surface area contributed by atoms with Gasteiger partial charge in [-0.05, 0) is 13.8 Å². The summed E-state index contributed by atoms with van der Waals surface area (Å²) in [5.41, 5.74) is 0. The molecule has 0 aliphatic carbocycles. The molecule has 0 saturated carbocycles. The normalized spacial score (nSPS) is 39.5. The van der Waals surface area contributed by atoms with Crippen molar-refractivity contribution in [2.75, 3.05) is 6.61 Å². The van der Waals surface area contributed by atoms with Crippen LogP contribution in [0.1, 0.15) is 20.3 Å². The highest BCUT2D eigenvalue weighted by Crippen LogP contribution is 2.46. The number of carbonyl (C=O) groups excluding carboxylic acids is 1. The van der Waals surface area contributed by atoms with Crippen molar-refractivity contribution in [3.8, 4) is 0 Å². The van der Waals surface area contributed by atoms with Crippen molar-refractivity contribution in [2.24, 2.45) is 0 Å². The van der Waals surface area contributed by atoms with Gasteiger partial charge < -0.3 is 19.3 Å². The number of ether oxygens (including phenoxy) is 3. The van der Waals surface area contributed by atoms with Crippen molar-refractivity contribution in [1.82, 2.24) is 0 Å². The number of aliphatic hydroxyl groups excluding tert-OH is 1. The molecule has 3 atom stereocenters. The minimum Gasteiger partial charge on any atom is -0.457 e. The maximum atomic E-state index is 12.1. The van der Waals surface area contributed by atoms with E-state index in [0.29, 0.717) is 6.42 Å². The van der Waals surface area contributed by atoms with Gasteiger partial charge >= 0.3 is 5.97 Å². The Kier molecular flexibility index (Phi) is 3.10. The molecule has 0 aromatic carbocycles. The molecule has 6 heteroatoms. The summed E-state index contributed by atoms with van der Waals surface area (Å²) in [6.45, 7) is 7.72. The lowest BCUT2D eigenvalue weighted by Crippen LogP contribution is -2.54. The molecular formula is C11H20O5Si. The summed E-state index contributed by atoms with van der Waals surface area (Å²) >= 11 is 0. The Hall–Kier alpha value is -0.433. The zero-order chi connectivity index (χ0) is 12.8. The summed E-state index contributed by atoms with van der Waals surface area (Å²) in [6, 6.07) is 0. The van der Waals surface area contributed by atoms with Crippen molar-refractivity contribution in [3.05, 3.63) is 0 Å². The van der Waals surface area contributed by atoms with Gasteiger partial charge in [0.1, 0.15) is 12.2 Å². The highest BCUT2D eigenvalue weighted by atomic mass is 28.3. The first-order valence-electron chi connectivity index (χ1n) is 6.03. The van der Waals surface area contributed by atoms with Gasteiger partial charge in [-0.15, -0.1) is 0 Å². The van der Waals surface area contributed by atoms with Gasteiger partial charge in [0.25, 0.3) is 0 Å². The second-order valence-electron chi connectivity index (χ2n) is 5.44. The van der Waals surface area contributed by atoms with Crippen LogP contribution in [-0.2, 0) is 19.0 Å². The third-order valence-electron chi connectivity index (χ3n) is 3.43. The SMILES string of the molecule is C[SiH](C)[C@]12OC(C)(C)O[C@H]1[C@@H](CCO)OC2=O. The molecule has 2 saturated heterocycles. The fourth-order valence-electron chi connectivity index (χ4n) is 2.70. The molecule has 2 rings (SSSR count). The van der Waals surface area contributed by atoms with Gasteiger partial charge in [-0.1, -0.05) is 13.1 Å². The van der Waals surface area contributed by atoms with Gasteiger partial charge in [0, 0.05) is 13.0 Å². The van der Waals surface area contributed by atoms with E-state index in [0.717, 1.165) is 0 Å². The number of esters is 1. The maximum absolute atomic E-state index is 12.1. The van der Waals surface area contributed by atoms with E-state index in [1.54, 1.807) is 0 Å². The average molecular weight is 260 g/mol. The van der Waals surface area contributed by atoms with Crippen molar-refractivity contribution >= 4 is 14.8 Å². The van der Waals surface area contributed by atoms with E-state index in [1.165, 1.54) is 0 Å². The minimum atomic E-state index is -1.46. The van der Waals surface area contributed by atoms with Crippen LogP contribution < -0.4 is 0 Å². The Bertz CT molecular complexity index is 330. The predicted molar refractivity (Wildman–Crippen MR) is 63.2 cm³/mol. The molecule has 0 amide bonds.